The van der Waals surface area contributed by atoms with Gasteiger partial charge in [0.25, 0.3) is 0 Å². The van der Waals surface area contributed by atoms with Crippen LogP contribution < -0.4 is 10.1 Å². The average molecular weight is 344 g/mol. The van der Waals surface area contributed by atoms with Gasteiger partial charge in [0.1, 0.15) is 5.75 Å². The van der Waals surface area contributed by atoms with E-state index in [4.69, 9.17) is 4.74 Å². The summed E-state index contributed by atoms with van der Waals surface area (Å²) in [6.45, 7) is 0.670. The van der Waals surface area contributed by atoms with Gasteiger partial charge in [-0.3, -0.25) is 0 Å². The van der Waals surface area contributed by atoms with Crippen molar-refractivity contribution in [3.63, 3.8) is 0 Å². The van der Waals surface area contributed by atoms with E-state index in [2.05, 4.69) is 31.2 Å². The van der Waals surface area contributed by atoms with Crippen molar-refractivity contribution < 1.29 is 4.74 Å². The van der Waals surface area contributed by atoms with Crippen molar-refractivity contribution in [3.05, 3.63) is 58.7 Å². The third-order valence-corrected chi connectivity index (χ3v) is 3.65. The maximum absolute atomic E-state index is 5.14. The lowest BCUT2D eigenvalue weighted by atomic mass is 10.2. The first-order valence-electron chi connectivity index (χ1n) is 6.54. The molecule has 0 bridgehead atoms. The molecular weight excluding hydrogens is 330 g/mol. The first kappa shape index (κ1) is 13.8. The number of aromatic nitrogens is 2. The van der Waals surface area contributed by atoms with Gasteiger partial charge < -0.3 is 10.1 Å². The molecule has 0 atom stereocenters. The Bertz CT molecular complexity index is 759. The predicted octanol–water partition coefficient (Wildman–Crippen LogP) is 4.01. The monoisotopic (exact) mass is 343 g/mol. The van der Waals surface area contributed by atoms with Gasteiger partial charge in [0.15, 0.2) is 0 Å². The molecule has 4 nitrogen and oxygen atoms in total. The number of benzene rings is 2. The summed E-state index contributed by atoms with van der Waals surface area (Å²) in [6, 6.07) is 13.9. The van der Waals surface area contributed by atoms with E-state index in [1.807, 2.05) is 48.7 Å². The highest BCUT2D eigenvalue weighted by atomic mass is 79.9. The van der Waals surface area contributed by atoms with Crippen LogP contribution in [0.5, 0.6) is 5.75 Å². The molecule has 1 aromatic heterocycles. The van der Waals surface area contributed by atoms with E-state index in [1.165, 1.54) is 0 Å². The molecular formula is C16H14BrN3O. The van der Waals surface area contributed by atoms with Gasteiger partial charge >= 0.3 is 0 Å². The highest BCUT2D eigenvalue weighted by molar-refractivity contribution is 9.10. The molecule has 3 rings (SSSR count). The summed E-state index contributed by atoms with van der Waals surface area (Å²) in [5.41, 5.74) is 2.06. The van der Waals surface area contributed by atoms with Crippen molar-refractivity contribution in [1.82, 2.24) is 9.97 Å². The Kier molecular flexibility index (Phi) is 4.01. The zero-order valence-corrected chi connectivity index (χ0v) is 13.1. The second-order valence-electron chi connectivity index (χ2n) is 4.60. The third kappa shape index (κ3) is 3.31. The van der Waals surface area contributed by atoms with E-state index in [0.717, 1.165) is 26.7 Å². The summed E-state index contributed by atoms with van der Waals surface area (Å²) in [5, 5.41) is 4.25. The van der Waals surface area contributed by atoms with Crippen molar-refractivity contribution in [2.75, 3.05) is 12.4 Å². The normalized spacial score (nSPS) is 10.6. The van der Waals surface area contributed by atoms with Crippen LogP contribution in [-0.2, 0) is 6.54 Å². The maximum atomic E-state index is 5.14. The Hall–Kier alpha value is -2.14. The predicted molar refractivity (Wildman–Crippen MR) is 87.6 cm³/mol. The minimum absolute atomic E-state index is 0.622. The molecule has 2 aromatic carbocycles. The van der Waals surface area contributed by atoms with E-state index in [-0.39, 0.29) is 0 Å². The van der Waals surface area contributed by atoms with E-state index in [0.29, 0.717) is 12.5 Å². The van der Waals surface area contributed by atoms with Crippen molar-refractivity contribution in [2.24, 2.45) is 0 Å². The van der Waals surface area contributed by atoms with Gasteiger partial charge in [0.2, 0.25) is 5.95 Å². The minimum atomic E-state index is 0.622. The van der Waals surface area contributed by atoms with Gasteiger partial charge in [-0.15, -0.1) is 0 Å². The van der Waals surface area contributed by atoms with Crippen molar-refractivity contribution in [3.8, 4) is 5.75 Å². The largest absolute Gasteiger partial charge is 0.497 e. The maximum Gasteiger partial charge on any atom is 0.223 e. The zero-order chi connectivity index (χ0) is 14.7. The number of anilines is 1. The summed E-state index contributed by atoms with van der Waals surface area (Å²) < 4.78 is 6.15. The van der Waals surface area contributed by atoms with Crippen LogP contribution in [0.1, 0.15) is 5.56 Å². The number of hydrogen-bond acceptors (Lipinski definition) is 4. The fourth-order valence-electron chi connectivity index (χ4n) is 2.01. The van der Waals surface area contributed by atoms with Gasteiger partial charge in [0.05, 0.1) is 12.6 Å². The number of fused-ring (bicyclic) bond motifs is 1. The summed E-state index contributed by atoms with van der Waals surface area (Å²) in [7, 11) is 1.66. The minimum Gasteiger partial charge on any atom is -0.497 e. The summed E-state index contributed by atoms with van der Waals surface area (Å²) in [5.74, 6) is 1.47. The van der Waals surface area contributed by atoms with Crippen LogP contribution in [0.3, 0.4) is 0 Å². The lowest BCUT2D eigenvalue weighted by Gasteiger charge is -2.07. The molecule has 0 saturated carbocycles. The molecule has 0 aliphatic rings. The topological polar surface area (TPSA) is 47.0 Å². The Labute approximate surface area is 131 Å². The van der Waals surface area contributed by atoms with Crippen molar-refractivity contribution in [2.45, 2.75) is 6.54 Å². The summed E-state index contributed by atoms with van der Waals surface area (Å²) in [4.78, 5) is 8.83. The van der Waals surface area contributed by atoms with Gasteiger partial charge in [-0.25, -0.2) is 9.97 Å². The van der Waals surface area contributed by atoms with Gasteiger partial charge in [0, 0.05) is 22.6 Å². The second-order valence-corrected chi connectivity index (χ2v) is 5.51. The molecule has 0 fully saturated rings. The first-order valence-corrected chi connectivity index (χ1v) is 7.33. The molecule has 0 aliphatic carbocycles. The Morgan fingerprint density at radius 2 is 1.95 bits per heavy atom. The number of nitrogens with zero attached hydrogens (tertiary/aromatic N) is 2. The first-order chi connectivity index (χ1) is 10.2. The molecule has 0 radical (unpaired) electrons. The number of rotatable bonds is 4. The molecule has 5 heteroatoms. The fraction of sp³-hybridized carbons (Fsp3) is 0.125. The SMILES string of the molecule is COc1ccc(CNc2ncc3ccc(Br)cc3n2)cc1. The highest BCUT2D eigenvalue weighted by Gasteiger charge is 2.01. The second kappa shape index (κ2) is 6.10. The van der Waals surface area contributed by atoms with Crippen LogP contribution >= 0.6 is 15.9 Å². The van der Waals surface area contributed by atoms with Crippen LogP contribution in [0.4, 0.5) is 5.95 Å². The molecule has 21 heavy (non-hydrogen) atoms. The highest BCUT2D eigenvalue weighted by Crippen LogP contribution is 2.19. The molecule has 0 unspecified atom stereocenters. The van der Waals surface area contributed by atoms with Crippen LogP contribution in [0, 0.1) is 0 Å². The molecule has 0 amide bonds. The number of halogens is 1. The van der Waals surface area contributed by atoms with Crippen molar-refractivity contribution >= 4 is 32.8 Å². The lowest BCUT2D eigenvalue weighted by molar-refractivity contribution is 0.414. The standard InChI is InChI=1S/C16H14BrN3O/c1-21-14-6-2-11(3-7-14)9-18-16-19-10-12-4-5-13(17)8-15(12)20-16/h2-8,10H,9H2,1H3,(H,18,19,20). The Balaban J connectivity index is 1.74. The van der Waals surface area contributed by atoms with E-state index in [9.17, 15) is 0 Å². The average Bonchev–Trinajstić information content (AvgIpc) is 2.53. The summed E-state index contributed by atoms with van der Waals surface area (Å²) in [6.07, 6.45) is 1.82. The quantitative estimate of drug-likeness (QED) is 0.777. The molecule has 0 aliphatic heterocycles. The van der Waals surface area contributed by atoms with E-state index >= 15 is 0 Å². The van der Waals surface area contributed by atoms with Gasteiger partial charge in [-0.1, -0.05) is 34.1 Å². The van der Waals surface area contributed by atoms with E-state index < -0.39 is 0 Å². The molecule has 3 aromatic rings. The summed E-state index contributed by atoms with van der Waals surface area (Å²) >= 11 is 3.45. The fourth-order valence-corrected chi connectivity index (χ4v) is 2.36. The van der Waals surface area contributed by atoms with Crippen LogP contribution in [0.25, 0.3) is 10.9 Å². The lowest BCUT2D eigenvalue weighted by Crippen LogP contribution is -2.03. The molecule has 0 spiro atoms. The zero-order valence-electron chi connectivity index (χ0n) is 11.5. The van der Waals surface area contributed by atoms with Gasteiger partial charge in [-0.05, 0) is 29.8 Å². The number of nitrogens with one attached hydrogen (secondary N) is 1. The van der Waals surface area contributed by atoms with Crippen LogP contribution in [-0.4, -0.2) is 17.1 Å². The molecule has 1 heterocycles. The van der Waals surface area contributed by atoms with Gasteiger partial charge in [-0.2, -0.15) is 0 Å². The molecule has 1 N–H and O–H groups in total. The number of ether oxygens (including phenoxy) is 1. The Morgan fingerprint density at radius 1 is 1.14 bits per heavy atom. The van der Waals surface area contributed by atoms with E-state index in [1.54, 1.807) is 7.11 Å². The molecule has 0 saturated heterocycles. The van der Waals surface area contributed by atoms with Crippen LogP contribution in [0.15, 0.2) is 53.1 Å². The van der Waals surface area contributed by atoms with Crippen molar-refractivity contribution in [1.29, 1.82) is 0 Å². The smallest absolute Gasteiger partial charge is 0.223 e. The third-order valence-electron chi connectivity index (χ3n) is 3.15. The number of hydrogen-bond donors (Lipinski definition) is 1. The number of methoxy groups -OCH3 is 1. The Morgan fingerprint density at radius 3 is 2.71 bits per heavy atom. The van der Waals surface area contributed by atoms with Crippen LogP contribution in [0.2, 0.25) is 0 Å². The molecule has 106 valence electrons.